The molecule has 1 aliphatic heterocycles. The van der Waals surface area contributed by atoms with Crippen molar-refractivity contribution in [3.05, 3.63) is 52.0 Å². The normalized spacial score (nSPS) is 18.5. The van der Waals surface area contributed by atoms with Crippen LogP contribution in [0.1, 0.15) is 107 Å². The van der Waals surface area contributed by atoms with Gasteiger partial charge in [0.25, 0.3) is 11.8 Å². The highest BCUT2D eigenvalue weighted by molar-refractivity contribution is 7.09. The molecule has 3 amide bonds. The van der Waals surface area contributed by atoms with Gasteiger partial charge in [0, 0.05) is 37.0 Å². The van der Waals surface area contributed by atoms with Crippen LogP contribution in [0.25, 0.3) is 0 Å². The van der Waals surface area contributed by atoms with E-state index in [1.54, 1.807) is 12.3 Å². The van der Waals surface area contributed by atoms with Gasteiger partial charge in [-0.1, -0.05) is 77.8 Å². The van der Waals surface area contributed by atoms with Crippen molar-refractivity contribution in [1.29, 1.82) is 0 Å². The molecule has 13 heteroatoms. The van der Waals surface area contributed by atoms with Crippen molar-refractivity contribution in [3.8, 4) is 0 Å². The van der Waals surface area contributed by atoms with E-state index < -0.39 is 35.9 Å². The Balaban J connectivity index is 1.77. The Morgan fingerprint density at radius 3 is 2.38 bits per heavy atom. The maximum atomic E-state index is 13.8. The van der Waals surface area contributed by atoms with Crippen LogP contribution in [0.3, 0.4) is 0 Å². The minimum absolute atomic E-state index is 0.0488. The molecule has 0 spiro atoms. The van der Waals surface area contributed by atoms with Crippen LogP contribution in [0.15, 0.2) is 40.7 Å². The van der Waals surface area contributed by atoms with E-state index in [-0.39, 0.29) is 53.8 Å². The summed E-state index contributed by atoms with van der Waals surface area (Å²) in [6.07, 6.45) is 5.26. The predicted molar refractivity (Wildman–Crippen MR) is 202 cm³/mol. The second kappa shape index (κ2) is 20.9. The molecule has 2 heterocycles. The first-order chi connectivity index (χ1) is 24.7. The number of likely N-dealkylation sites (N-methyl/N-ethyl adjacent to an activating group) is 1. The van der Waals surface area contributed by atoms with Crippen molar-refractivity contribution in [1.82, 2.24) is 20.5 Å². The Hall–Kier alpha value is -3.97. The van der Waals surface area contributed by atoms with Crippen molar-refractivity contribution in [3.63, 3.8) is 0 Å². The van der Waals surface area contributed by atoms with Gasteiger partial charge in [-0.25, -0.2) is 9.98 Å². The zero-order valence-electron chi connectivity index (χ0n) is 31.9. The Morgan fingerprint density at radius 2 is 1.77 bits per heavy atom. The van der Waals surface area contributed by atoms with Gasteiger partial charge in [0.05, 0.1) is 25.0 Å². The fraction of sp³-hybridized carbons (Fsp3) is 0.615. The molecule has 0 saturated carbocycles. The molecule has 1 aliphatic rings. The summed E-state index contributed by atoms with van der Waals surface area (Å²) in [5.74, 6) is -2.96. The van der Waals surface area contributed by atoms with Gasteiger partial charge in [-0.3, -0.25) is 28.9 Å². The van der Waals surface area contributed by atoms with Crippen LogP contribution in [0, 0.1) is 23.7 Å². The van der Waals surface area contributed by atoms with Crippen LogP contribution in [0.4, 0.5) is 0 Å². The third-order valence-corrected chi connectivity index (χ3v) is 10.8. The lowest BCUT2D eigenvalue weighted by Crippen LogP contribution is -2.45. The van der Waals surface area contributed by atoms with Crippen LogP contribution in [-0.4, -0.2) is 84.6 Å². The number of carbonyl (C=O) groups excluding carboxylic acids is 5. The average molecular weight is 740 g/mol. The topological polar surface area (TPSA) is 156 Å². The maximum Gasteiger partial charge on any atom is 0.308 e. The smallest absolute Gasteiger partial charge is 0.308 e. The zero-order chi connectivity index (χ0) is 38.4. The molecule has 2 N–H and O–H groups in total. The fourth-order valence-electron chi connectivity index (χ4n) is 6.38. The molecule has 3 rings (SSSR count). The molecule has 286 valence electrons. The molecule has 1 saturated heterocycles. The molecule has 1 aromatic heterocycles. The summed E-state index contributed by atoms with van der Waals surface area (Å²) in [5, 5.41) is 8.22. The van der Waals surface area contributed by atoms with Gasteiger partial charge in [0.2, 0.25) is 5.91 Å². The molecule has 1 unspecified atom stereocenters. The largest absolute Gasteiger partial charge is 0.469 e. The Kier molecular flexibility index (Phi) is 17.1. The van der Waals surface area contributed by atoms with Crippen molar-refractivity contribution in [2.45, 2.75) is 111 Å². The number of nitrogens with zero attached hydrogens (tertiary/aromatic N) is 3. The number of benzene rings is 1. The third-order valence-electron chi connectivity index (χ3n) is 9.82. The number of esters is 2. The van der Waals surface area contributed by atoms with E-state index in [9.17, 15) is 24.0 Å². The highest BCUT2D eigenvalue weighted by atomic mass is 32.1. The third kappa shape index (κ3) is 12.9. The number of rotatable bonds is 18. The second-order valence-corrected chi connectivity index (χ2v) is 15.2. The molecule has 1 fully saturated rings. The SMILES string of the molecule is CC[C@H](C)C(C=NC(=O)[C@H]1CCCCN1C)C(=O)N[C@H](C[C@@H](OC(C)=O)c1nc(C(=O)N[C@@H](Cc2ccccc2)C[C@H](C)C(=O)OC)cs1)C(C)C. The lowest BCUT2D eigenvalue weighted by molar-refractivity contribution is -0.147. The summed E-state index contributed by atoms with van der Waals surface area (Å²) in [5.41, 5.74) is 1.16. The van der Waals surface area contributed by atoms with Gasteiger partial charge < -0.3 is 20.1 Å². The van der Waals surface area contributed by atoms with E-state index in [0.29, 0.717) is 24.3 Å². The van der Waals surface area contributed by atoms with Crippen LogP contribution >= 0.6 is 11.3 Å². The number of carbonyl (C=O) groups is 5. The number of piperidine rings is 1. The first-order valence-corrected chi connectivity index (χ1v) is 19.3. The highest BCUT2D eigenvalue weighted by Crippen LogP contribution is 2.29. The average Bonchev–Trinajstić information content (AvgIpc) is 3.61. The van der Waals surface area contributed by atoms with Crippen molar-refractivity contribution >= 4 is 47.2 Å². The van der Waals surface area contributed by atoms with Gasteiger partial charge in [0.15, 0.2) is 6.10 Å². The van der Waals surface area contributed by atoms with Crippen LogP contribution in [0.2, 0.25) is 0 Å². The molecule has 2 aromatic rings. The molecule has 0 radical (unpaired) electrons. The predicted octanol–water partition coefficient (Wildman–Crippen LogP) is 5.56. The lowest BCUT2D eigenvalue weighted by Gasteiger charge is -2.30. The Labute approximate surface area is 312 Å². The summed E-state index contributed by atoms with van der Waals surface area (Å²) in [7, 11) is 3.27. The zero-order valence-corrected chi connectivity index (χ0v) is 32.7. The number of hydrogen-bond acceptors (Lipinski definition) is 10. The fourth-order valence-corrected chi connectivity index (χ4v) is 7.22. The summed E-state index contributed by atoms with van der Waals surface area (Å²) in [6.45, 7) is 11.8. The number of ether oxygens (including phenoxy) is 2. The number of nitrogens with one attached hydrogen (secondary N) is 2. The first-order valence-electron chi connectivity index (χ1n) is 18.4. The number of aromatic nitrogens is 1. The van der Waals surface area contributed by atoms with Crippen LogP contribution in [0.5, 0.6) is 0 Å². The van der Waals surface area contributed by atoms with Crippen molar-refractivity contribution in [2.75, 3.05) is 20.7 Å². The monoisotopic (exact) mass is 739 g/mol. The second-order valence-electron chi connectivity index (χ2n) is 14.3. The number of aliphatic imine (C=N–C) groups is 1. The number of likely N-dealkylation sites (tertiary alicyclic amines) is 1. The number of hydrogen-bond donors (Lipinski definition) is 2. The molecule has 12 nitrogen and oxygen atoms in total. The highest BCUT2D eigenvalue weighted by Gasteiger charge is 2.32. The number of thiazole rings is 1. The molecule has 0 aliphatic carbocycles. The molecular formula is C39H57N5O7S. The summed E-state index contributed by atoms with van der Waals surface area (Å²) >= 11 is 1.20. The van der Waals surface area contributed by atoms with E-state index in [1.165, 1.54) is 31.6 Å². The van der Waals surface area contributed by atoms with Crippen LogP contribution < -0.4 is 10.6 Å². The molecule has 0 bridgehead atoms. The van der Waals surface area contributed by atoms with Gasteiger partial charge in [-0.2, -0.15) is 0 Å². The standard InChI is InChI=1S/C39H57N5O7S/c1-9-25(4)30(22-40-37(48)33-17-13-14-18-44(33)7)35(46)42-31(24(2)3)21-34(51-27(6)45)38-43-32(23-52-38)36(47)41-29(19-26(5)39(49)50-8)20-28-15-11-10-12-16-28/h10-12,15-16,22-26,29-31,33-34H,9,13-14,17-21H2,1-8H3,(H,41,47)(H,42,46)/t25-,26-,29+,30?,31+,33+,34+/m0/s1. The summed E-state index contributed by atoms with van der Waals surface area (Å²) in [4.78, 5) is 75.7. The molecular weight excluding hydrogens is 683 g/mol. The van der Waals surface area contributed by atoms with Gasteiger partial charge in [-0.15, -0.1) is 11.3 Å². The van der Waals surface area contributed by atoms with Gasteiger partial charge in [0.1, 0.15) is 10.7 Å². The summed E-state index contributed by atoms with van der Waals surface area (Å²) < 4.78 is 10.6. The van der Waals surface area contributed by atoms with E-state index >= 15 is 0 Å². The van der Waals surface area contributed by atoms with Gasteiger partial charge in [-0.05, 0) is 56.7 Å². The quantitative estimate of drug-likeness (QED) is 0.148. The Bertz CT molecular complexity index is 1510. The van der Waals surface area contributed by atoms with Gasteiger partial charge >= 0.3 is 11.9 Å². The lowest BCUT2D eigenvalue weighted by atomic mass is 9.90. The van der Waals surface area contributed by atoms with Crippen molar-refractivity contribution < 1.29 is 33.4 Å². The van der Waals surface area contributed by atoms with E-state index in [1.807, 2.05) is 70.0 Å². The molecule has 7 atom stereocenters. The molecule has 52 heavy (non-hydrogen) atoms. The van der Waals surface area contributed by atoms with E-state index in [0.717, 1.165) is 31.4 Å². The minimum Gasteiger partial charge on any atom is -0.469 e. The van der Waals surface area contributed by atoms with Crippen molar-refractivity contribution in [2.24, 2.45) is 28.7 Å². The van der Waals surface area contributed by atoms with E-state index in [4.69, 9.17) is 9.47 Å². The van der Waals surface area contributed by atoms with E-state index in [2.05, 4.69) is 20.6 Å². The number of amides is 3. The minimum atomic E-state index is -0.824. The first kappa shape index (κ1) is 42.4. The maximum absolute atomic E-state index is 13.8. The Morgan fingerprint density at radius 1 is 1.06 bits per heavy atom. The summed E-state index contributed by atoms with van der Waals surface area (Å²) in [6, 6.07) is 8.60. The number of methoxy groups -OCH3 is 1. The van der Waals surface area contributed by atoms with Crippen LogP contribution in [-0.2, 0) is 35.1 Å². The molecule has 1 aromatic carbocycles.